The highest BCUT2D eigenvalue weighted by Crippen LogP contribution is 2.28. The average molecular weight is 263 g/mol. The van der Waals surface area contributed by atoms with E-state index in [4.69, 9.17) is 0 Å². The van der Waals surface area contributed by atoms with Gasteiger partial charge in [-0.25, -0.2) is 0 Å². The third kappa shape index (κ3) is 4.66. The molecule has 0 amide bonds. The van der Waals surface area contributed by atoms with Gasteiger partial charge in [-0.1, -0.05) is 32.0 Å². The SMILES string of the molecule is CC1CC(C)CC(NCCSc2ccccc2)C1. The van der Waals surface area contributed by atoms with E-state index in [9.17, 15) is 0 Å². The van der Waals surface area contributed by atoms with Crippen LogP contribution >= 0.6 is 11.8 Å². The first-order valence-corrected chi connectivity index (χ1v) is 8.14. The van der Waals surface area contributed by atoms with Crippen LogP contribution < -0.4 is 5.32 Å². The highest BCUT2D eigenvalue weighted by molar-refractivity contribution is 7.99. The predicted molar refractivity (Wildman–Crippen MR) is 81.1 cm³/mol. The van der Waals surface area contributed by atoms with Gasteiger partial charge >= 0.3 is 0 Å². The van der Waals surface area contributed by atoms with Crippen LogP contribution in [0.2, 0.25) is 0 Å². The minimum Gasteiger partial charge on any atom is -0.313 e. The molecule has 2 heteroatoms. The van der Waals surface area contributed by atoms with Crippen molar-refractivity contribution in [1.82, 2.24) is 5.32 Å². The van der Waals surface area contributed by atoms with Crippen molar-refractivity contribution in [3.05, 3.63) is 30.3 Å². The molecule has 2 rings (SSSR count). The lowest BCUT2D eigenvalue weighted by Gasteiger charge is -2.32. The zero-order valence-electron chi connectivity index (χ0n) is 11.6. The molecule has 0 aliphatic heterocycles. The van der Waals surface area contributed by atoms with Crippen molar-refractivity contribution >= 4 is 11.8 Å². The van der Waals surface area contributed by atoms with E-state index in [1.54, 1.807) is 0 Å². The van der Waals surface area contributed by atoms with Gasteiger partial charge in [0, 0.05) is 23.2 Å². The minimum absolute atomic E-state index is 0.750. The summed E-state index contributed by atoms with van der Waals surface area (Å²) in [5.41, 5.74) is 0. The fourth-order valence-corrected chi connectivity index (χ4v) is 3.87. The van der Waals surface area contributed by atoms with Crippen molar-refractivity contribution < 1.29 is 0 Å². The largest absolute Gasteiger partial charge is 0.313 e. The molecule has 1 aromatic carbocycles. The summed E-state index contributed by atoms with van der Waals surface area (Å²) in [6.07, 6.45) is 4.14. The van der Waals surface area contributed by atoms with Gasteiger partial charge in [-0.05, 0) is 43.2 Å². The van der Waals surface area contributed by atoms with Crippen molar-refractivity contribution in [3.63, 3.8) is 0 Å². The van der Waals surface area contributed by atoms with Gasteiger partial charge in [0.2, 0.25) is 0 Å². The Balaban J connectivity index is 1.63. The maximum Gasteiger partial charge on any atom is 0.0106 e. The molecule has 100 valence electrons. The molecular formula is C16H25NS. The first-order chi connectivity index (χ1) is 8.74. The van der Waals surface area contributed by atoms with E-state index in [0.29, 0.717) is 0 Å². The lowest BCUT2D eigenvalue weighted by atomic mass is 9.80. The standard InChI is InChI=1S/C16H25NS/c1-13-10-14(2)12-15(11-13)17-8-9-18-16-6-4-3-5-7-16/h3-7,13-15,17H,8-12H2,1-2H3. The summed E-state index contributed by atoms with van der Waals surface area (Å²) >= 11 is 1.95. The molecule has 1 aliphatic carbocycles. The summed E-state index contributed by atoms with van der Waals surface area (Å²) in [4.78, 5) is 1.38. The van der Waals surface area contributed by atoms with E-state index in [1.807, 2.05) is 11.8 Å². The number of hydrogen-bond donors (Lipinski definition) is 1. The minimum atomic E-state index is 0.750. The molecule has 0 radical (unpaired) electrons. The average Bonchev–Trinajstić information content (AvgIpc) is 2.35. The van der Waals surface area contributed by atoms with Crippen molar-refractivity contribution in [3.8, 4) is 0 Å². The second-order valence-corrected chi connectivity index (χ2v) is 6.90. The zero-order valence-corrected chi connectivity index (χ0v) is 12.4. The normalized spacial score (nSPS) is 28.2. The highest BCUT2D eigenvalue weighted by atomic mass is 32.2. The summed E-state index contributed by atoms with van der Waals surface area (Å²) in [6.45, 7) is 5.91. The van der Waals surface area contributed by atoms with Crippen LogP contribution in [0.1, 0.15) is 33.1 Å². The molecule has 2 unspecified atom stereocenters. The monoisotopic (exact) mass is 263 g/mol. The van der Waals surface area contributed by atoms with Crippen LogP contribution in [0.25, 0.3) is 0 Å². The molecule has 0 spiro atoms. The van der Waals surface area contributed by atoms with Gasteiger partial charge in [-0.3, -0.25) is 0 Å². The molecule has 1 nitrogen and oxygen atoms in total. The van der Waals surface area contributed by atoms with Crippen LogP contribution in [0.5, 0.6) is 0 Å². The smallest absolute Gasteiger partial charge is 0.0106 e. The van der Waals surface area contributed by atoms with Gasteiger partial charge in [0.25, 0.3) is 0 Å². The first kappa shape index (κ1) is 14.0. The maximum atomic E-state index is 3.73. The molecule has 1 fully saturated rings. The second kappa shape index (κ2) is 7.20. The molecule has 0 bridgehead atoms. The Bertz CT molecular complexity index is 328. The molecule has 1 N–H and O–H groups in total. The Hall–Kier alpha value is -0.470. The third-order valence-electron chi connectivity index (χ3n) is 3.73. The topological polar surface area (TPSA) is 12.0 Å². The van der Waals surface area contributed by atoms with Gasteiger partial charge in [0.05, 0.1) is 0 Å². The Labute approximate surface area is 116 Å². The molecule has 0 aromatic heterocycles. The summed E-state index contributed by atoms with van der Waals surface area (Å²) in [7, 11) is 0. The Morgan fingerprint density at radius 1 is 1.06 bits per heavy atom. The summed E-state index contributed by atoms with van der Waals surface area (Å²) in [5, 5.41) is 3.73. The summed E-state index contributed by atoms with van der Waals surface area (Å²) < 4.78 is 0. The number of benzene rings is 1. The van der Waals surface area contributed by atoms with Crippen molar-refractivity contribution in [1.29, 1.82) is 0 Å². The molecule has 1 aromatic rings. The van der Waals surface area contributed by atoms with E-state index >= 15 is 0 Å². The van der Waals surface area contributed by atoms with Gasteiger partial charge in [-0.15, -0.1) is 11.8 Å². The molecule has 1 aliphatic rings. The van der Waals surface area contributed by atoms with Crippen LogP contribution in [0.4, 0.5) is 0 Å². The third-order valence-corrected chi connectivity index (χ3v) is 4.74. The first-order valence-electron chi connectivity index (χ1n) is 7.15. The predicted octanol–water partition coefficient (Wildman–Crippen LogP) is 4.19. The van der Waals surface area contributed by atoms with Crippen molar-refractivity contribution in [2.45, 2.75) is 44.0 Å². The van der Waals surface area contributed by atoms with E-state index in [2.05, 4.69) is 49.5 Å². The Kier molecular flexibility index (Phi) is 5.58. The van der Waals surface area contributed by atoms with Crippen LogP contribution in [-0.4, -0.2) is 18.3 Å². The van der Waals surface area contributed by atoms with Crippen molar-refractivity contribution in [2.24, 2.45) is 11.8 Å². The molecule has 18 heavy (non-hydrogen) atoms. The summed E-state index contributed by atoms with van der Waals surface area (Å²) in [6, 6.07) is 11.4. The number of thioether (sulfide) groups is 1. The fourth-order valence-electron chi connectivity index (χ4n) is 3.06. The fraction of sp³-hybridized carbons (Fsp3) is 0.625. The molecule has 2 atom stereocenters. The number of hydrogen-bond acceptors (Lipinski definition) is 2. The van der Waals surface area contributed by atoms with Crippen LogP contribution in [-0.2, 0) is 0 Å². The molecule has 0 heterocycles. The Morgan fingerprint density at radius 2 is 1.72 bits per heavy atom. The van der Waals surface area contributed by atoms with Crippen molar-refractivity contribution in [2.75, 3.05) is 12.3 Å². The molecule has 1 saturated carbocycles. The summed E-state index contributed by atoms with van der Waals surface area (Å²) in [5.74, 6) is 2.96. The Morgan fingerprint density at radius 3 is 2.39 bits per heavy atom. The van der Waals surface area contributed by atoms with E-state index < -0.39 is 0 Å². The lowest BCUT2D eigenvalue weighted by molar-refractivity contribution is 0.242. The van der Waals surface area contributed by atoms with Gasteiger partial charge in [0.15, 0.2) is 0 Å². The van der Waals surface area contributed by atoms with Crippen LogP contribution in [0.15, 0.2) is 35.2 Å². The quantitative estimate of drug-likeness (QED) is 0.631. The van der Waals surface area contributed by atoms with Gasteiger partial charge < -0.3 is 5.32 Å². The van der Waals surface area contributed by atoms with E-state index in [0.717, 1.165) is 24.4 Å². The molecule has 0 saturated heterocycles. The molecular weight excluding hydrogens is 238 g/mol. The zero-order chi connectivity index (χ0) is 12.8. The van der Waals surface area contributed by atoms with E-state index in [1.165, 1.54) is 29.9 Å². The lowest BCUT2D eigenvalue weighted by Crippen LogP contribution is -2.37. The number of rotatable bonds is 5. The second-order valence-electron chi connectivity index (χ2n) is 5.73. The van der Waals surface area contributed by atoms with E-state index in [-0.39, 0.29) is 0 Å². The highest BCUT2D eigenvalue weighted by Gasteiger charge is 2.22. The van der Waals surface area contributed by atoms with Crippen LogP contribution in [0.3, 0.4) is 0 Å². The maximum absolute atomic E-state index is 3.73. The van der Waals surface area contributed by atoms with Gasteiger partial charge in [0.1, 0.15) is 0 Å². The van der Waals surface area contributed by atoms with Crippen LogP contribution in [0, 0.1) is 11.8 Å². The van der Waals surface area contributed by atoms with Gasteiger partial charge in [-0.2, -0.15) is 0 Å². The number of nitrogens with one attached hydrogen (secondary N) is 1.